The molecule has 0 bridgehead atoms. The number of carboxylic acid groups (broad SMARTS) is 1. The first-order valence-electron chi connectivity index (χ1n) is 8.27. The van der Waals surface area contributed by atoms with Gasteiger partial charge in [0.25, 0.3) is 0 Å². The molecule has 2 atom stereocenters. The molecule has 3 rings (SSSR count). The number of ether oxygens (including phenoxy) is 2. The van der Waals surface area contributed by atoms with Gasteiger partial charge in [0.1, 0.15) is 6.04 Å². The van der Waals surface area contributed by atoms with Crippen molar-refractivity contribution in [3.63, 3.8) is 0 Å². The van der Waals surface area contributed by atoms with Crippen LogP contribution in [0.1, 0.15) is 30.1 Å². The van der Waals surface area contributed by atoms with Gasteiger partial charge >= 0.3 is 5.97 Å². The van der Waals surface area contributed by atoms with E-state index in [2.05, 4.69) is 4.98 Å². The fourth-order valence-electron chi connectivity index (χ4n) is 3.54. The Hall–Kier alpha value is -2.60. The van der Waals surface area contributed by atoms with E-state index in [4.69, 9.17) is 9.47 Å². The van der Waals surface area contributed by atoms with Crippen LogP contribution < -0.4 is 9.47 Å². The maximum atomic E-state index is 11.7. The molecule has 1 fully saturated rings. The molecule has 0 spiro atoms. The van der Waals surface area contributed by atoms with Gasteiger partial charge in [0, 0.05) is 18.3 Å². The van der Waals surface area contributed by atoms with Gasteiger partial charge in [-0.3, -0.25) is 14.7 Å². The van der Waals surface area contributed by atoms with Gasteiger partial charge in [-0.25, -0.2) is 0 Å². The SMILES string of the molecule is COc1cccc(C(c2ccccn2)N2CCCC2C(=O)O)c1OC. The summed E-state index contributed by atoms with van der Waals surface area (Å²) in [5.74, 6) is 0.420. The third-order valence-electron chi connectivity index (χ3n) is 4.61. The minimum atomic E-state index is -0.805. The Labute approximate surface area is 147 Å². The quantitative estimate of drug-likeness (QED) is 0.870. The number of likely N-dealkylation sites (tertiary alicyclic amines) is 1. The van der Waals surface area contributed by atoms with Crippen LogP contribution in [-0.4, -0.2) is 47.8 Å². The second kappa shape index (κ2) is 7.53. The Bertz CT molecular complexity index is 735. The number of para-hydroxylation sites is 1. The van der Waals surface area contributed by atoms with Crippen LogP contribution in [-0.2, 0) is 4.79 Å². The lowest BCUT2D eigenvalue weighted by Gasteiger charge is -2.32. The van der Waals surface area contributed by atoms with Crippen LogP contribution in [0.4, 0.5) is 0 Å². The first-order valence-corrected chi connectivity index (χ1v) is 8.27. The highest BCUT2D eigenvalue weighted by Crippen LogP contribution is 2.41. The third kappa shape index (κ3) is 3.30. The molecular formula is C19H22N2O4. The normalized spacial score (nSPS) is 18.7. The second-order valence-electron chi connectivity index (χ2n) is 5.97. The summed E-state index contributed by atoms with van der Waals surface area (Å²) in [6.45, 7) is 0.693. The average Bonchev–Trinajstić information content (AvgIpc) is 3.12. The van der Waals surface area contributed by atoms with Crippen molar-refractivity contribution in [2.45, 2.75) is 24.9 Å². The largest absolute Gasteiger partial charge is 0.493 e. The summed E-state index contributed by atoms with van der Waals surface area (Å²) in [6, 6.07) is 10.5. The fourth-order valence-corrected chi connectivity index (χ4v) is 3.54. The number of pyridine rings is 1. The highest BCUT2D eigenvalue weighted by Gasteiger charge is 2.38. The molecule has 0 aliphatic carbocycles. The molecule has 0 radical (unpaired) electrons. The zero-order chi connectivity index (χ0) is 17.8. The predicted octanol–water partition coefficient (Wildman–Crippen LogP) is 2.74. The van der Waals surface area contributed by atoms with E-state index >= 15 is 0 Å². The molecule has 6 heteroatoms. The summed E-state index contributed by atoms with van der Waals surface area (Å²) < 4.78 is 11.0. The lowest BCUT2D eigenvalue weighted by Crippen LogP contribution is -2.39. The molecule has 2 heterocycles. The smallest absolute Gasteiger partial charge is 0.320 e. The number of hydrogen-bond acceptors (Lipinski definition) is 5. The number of aliphatic carboxylic acids is 1. The maximum Gasteiger partial charge on any atom is 0.320 e. The van der Waals surface area contributed by atoms with E-state index in [0.29, 0.717) is 24.5 Å². The fraction of sp³-hybridized carbons (Fsp3) is 0.368. The number of aromatic nitrogens is 1. The Morgan fingerprint density at radius 2 is 2.08 bits per heavy atom. The molecule has 1 aliphatic rings. The summed E-state index contributed by atoms with van der Waals surface area (Å²) >= 11 is 0. The molecule has 2 unspecified atom stereocenters. The van der Waals surface area contributed by atoms with Crippen LogP contribution in [0.3, 0.4) is 0 Å². The van der Waals surface area contributed by atoms with E-state index < -0.39 is 12.0 Å². The van der Waals surface area contributed by atoms with Gasteiger partial charge in [0.15, 0.2) is 11.5 Å². The van der Waals surface area contributed by atoms with Gasteiger partial charge in [-0.2, -0.15) is 0 Å². The summed E-state index contributed by atoms with van der Waals surface area (Å²) in [7, 11) is 3.18. The molecule has 132 valence electrons. The summed E-state index contributed by atoms with van der Waals surface area (Å²) in [5.41, 5.74) is 1.65. The van der Waals surface area contributed by atoms with Gasteiger partial charge in [-0.05, 0) is 31.0 Å². The lowest BCUT2D eigenvalue weighted by molar-refractivity contribution is -0.142. The third-order valence-corrected chi connectivity index (χ3v) is 4.61. The van der Waals surface area contributed by atoms with Crippen LogP contribution in [0.2, 0.25) is 0 Å². The van der Waals surface area contributed by atoms with E-state index in [0.717, 1.165) is 17.7 Å². The van der Waals surface area contributed by atoms with E-state index in [1.165, 1.54) is 0 Å². The predicted molar refractivity (Wildman–Crippen MR) is 93.0 cm³/mol. The number of hydrogen-bond donors (Lipinski definition) is 1. The van der Waals surface area contributed by atoms with Crippen LogP contribution in [0.5, 0.6) is 11.5 Å². The van der Waals surface area contributed by atoms with Crippen molar-refractivity contribution >= 4 is 5.97 Å². The summed E-state index contributed by atoms with van der Waals surface area (Å²) in [5, 5.41) is 9.64. The number of carbonyl (C=O) groups is 1. The Balaban J connectivity index is 2.15. The number of benzene rings is 1. The Kier molecular flexibility index (Phi) is 5.19. The Morgan fingerprint density at radius 3 is 2.72 bits per heavy atom. The van der Waals surface area contributed by atoms with Crippen molar-refractivity contribution in [2.24, 2.45) is 0 Å². The molecule has 1 N–H and O–H groups in total. The van der Waals surface area contributed by atoms with Crippen molar-refractivity contribution in [2.75, 3.05) is 20.8 Å². The molecular weight excluding hydrogens is 320 g/mol. The summed E-state index contributed by atoms with van der Waals surface area (Å²) in [6.07, 6.45) is 3.19. The number of rotatable bonds is 6. The van der Waals surface area contributed by atoms with E-state index in [9.17, 15) is 9.90 Å². The average molecular weight is 342 g/mol. The maximum absolute atomic E-state index is 11.7. The van der Waals surface area contributed by atoms with Crippen LogP contribution in [0, 0.1) is 0 Å². The zero-order valence-corrected chi connectivity index (χ0v) is 14.4. The molecule has 0 amide bonds. The number of nitrogens with zero attached hydrogens (tertiary/aromatic N) is 2. The van der Waals surface area contributed by atoms with Crippen molar-refractivity contribution in [1.29, 1.82) is 0 Å². The number of methoxy groups -OCH3 is 2. The van der Waals surface area contributed by atoms with Crippen LogP contribution >= 0.6 is 0 Å². The molecule has 25 heavy (non-hydrogen) atoms. The molecule has 0 saturated carbocycles. The second-order valence-corrected chi connectivity index (χ2v) is 5.97. The first-order chi connectivity index (χ1) is 12.2. The van der Waals surface area contributed by atoms with Crippen molar-refractivity contribution in [3.8, 4) is 11.5 Å². The van der Waals surface area contributed by atoms with Crippen molar-refractivity contribution in [3.05, 3.63) is 53.9 Å². The minimum Gasteiger partial charge on any atom is -0.493 e. The molecule has 1 aromatic heterocycles. The van der Waals surface area contributed by atoms with Crippen molar-refractivity contribution in [1.82, 2.24) is 9.88 Å². The molecule has 1 aromatic carbocycles. The highest BCUT2D eigenvalue weighted by atomic mass is 16.5. The van der Waals surface area contributed by atoms with Gasteiger partial charge in [0.05, 0.1) is 26.0 Å². The molecule has 1 saturated heterocycles. The van der Waals surface area contributed by atoms with E-state index in [1.54, 1.807) is 20.4 Å². The minimum absolute atomic E-state index is 0.310. The standard InChI is InChI=1S/C19H22N2O4/c1-24-16-10-5-7-13(18(16)25-2)17(14-8-3-4-11-20-14)21-12-6-9-15(21)19(22)23/h3-5,7-8,10-11,15,17H,6,9,12H2,1-2H3,(H,22,23). The topological polar surface area (TPSA) is 71.9 Å². The monoisotopic (exact) mass is 342 g/mol. The van der Waals surface area contributed by atoms with E-state index in [1.807, 2.05) is 41.3 Å². The van der Waals surface area contributed by atoms with Crippen LogP contribution in [0.25, 0.3) is 0 Å². The zero-order valence-electron chi connectivity index (χ0n) is 14.4. The molecule has 6 nitrogen and oxygen atoms in total. The van der Waals surface area contributed by atoms with Crippen molar-refractivity contribution < 1.29 is 19.4 Å². The lowest BCUT2D eigenvalue weighted by atomic mass is 9.98. The van der Waals surface area contributed by atoms with Gasteiger partial charge in [-0.15, -0.1) is 0 Å². The number of carboxylic acids is 1. The molecule has 1 aliphatic heterocycles. The van der Waals surface area contributed by atoms with E-state index in [-0.39, 0.29) is 6.04 Å². The summed E-state index contributed by atoms with van der Waals surface area (Å²) in [4.78, 5) is 18.2. The molecule has 2 aromatic rings. The van der Waals surface area contributed by atoms with Gasteiger partial charge in [0.2, 0.25) is 0 Å². The van der Waals surface area contributed by atoms with Gasteiger partial charge in [-0.1, -0.05) is 18.2 Å². The van der Waals surface area contributed by atoms with Crippen LogP contribution in [0.15, 0.2) is 42.6 Å². The van der Waals surface area contributed by atoms with Gasteiger partial charge < -0.3 is 14.6 Å². The highest BCUT2D eigenvalue weighted by molar-refractivity contribution is 5.74. The first kappa shape index (κ1) is 17.2. The Morgan fingerprint density at radius 1 is 1.24 bits per heavy atom.